The molecule has 2 aromatic rings. The largest absolute Gasteiger partial charge is 0.408 e. The fraction of sp³-hybridized carbons (Fsp3) is 0.200. The van der Waals surface area contributed by atoms with E-state index in [-0.39, 0.29) is 6.01 Å². The Morgan fingerprint density at radius 3 is 2.69 bits per heavy atom. The van der Waals surface area contributed by atoms with E-state index in [4.69, 9.17) is 4.42 Å². The predicted molar refractivity (Wildman–Crippen MR) is 52.7 cm³/mol. The van der Waals surface area contributed by atoms with E-state index < -0.39 is 11.6 Å². The average Bonchev–Trinajstić information content (AvgIpc) is 2.66. The van der Waals surface area contributed by atoms with Crippen LogP contribution in [0.4, 0.5) is 14.8 Å². The second kappa shape index (κ2) is 4.26. The molecule has 16 heavy (non-hydrogen) atoms. The number of nitrogens with zero attached hydrogens (tertiary/aromatic N) is 2. The van der Waals surface area contributed by atoms with Gasteiger partial charge >= 0.3 is 6.01 Å². The van der Waals surface area contributed by atoms with E-state index in [1.807, 2.05) is 0 Å². The van der Waals surface area contributed by atoms with Crippen molar-refractivity contribution in [1.82, 2.24) is 10.2 Å². The maximum Gasteiger partial charge on any atom is 0.315 e. The molecule has 0 saturated carbocycles. The first-order chi connectivity index (χ1) is 7.65. The lowest BCUT2D eigenvalue weighted by Gasteiger charge is -2.02. The van der Waals surface area contributed by atoms with Crippen molar-refractivity contribution in [3.8, 4) is 0 Å². The van der Waals surface area contributed by atoms with E-state index >= 15 is 0 Å². The minimum absolute atomic E-state index is 0.252. The Kier molecular flexibility index (Phi) is 2.80. The van der Waals surface area contributed by atoms with Crippen molar-refractivity contribution in [2.45, 2.75) is 13.5 Å². The molecule has 1 aromatic carbocycles. The van der Waals surface area contributed by atoms with Gasteiger partial charge in [-0.15, -0.1) is 5.10 Å². The second-order valence-corrected chi connectivity index (χ2v) is 3.23. The van der Waals surface area contributed by atoms with E-state index in [0.717, 1.165) is 12.1 Å². The standard InChI is InChI=1S/C10H9F2N3O/c1-6-14-15-10(16-6)13-5-7-2-3-8(11)9(12)4-7/h2-4H,5H2,1H3,(H,13,15). The maximum atomic E-state index is 12.9. The minimum atomic E-state index is -0.874. The SMILES string of the molecule is Cc1nnc(NCc2ccc(F)c(F)c2)o1. The smallest absolute Gasteiger partial charge is 0.315 e. The number of aromatic nitrogens is 2. The molecule has 0 fully saturated rings. The summed E-state index contributed by atoms with van der Waals surface area (Å²) >= 11 is 0. The van der Waals surface area contributed by atoms with Crippen LogP contribution < -0.4 is 5.32 Å². The molecule has 84 valence electrons. The zero-order valence-corrected chi connectivity index (χ0v) is 8.50. The molecule has 0 aliphatic rings. The molecule has 0 saturated heterocycles. The van der Waals surface area contributed by atoms with Gasteiger partial charge in [-0.05, 0) is 17.7 Å². The average molecular weight is 225 g/mol. The number of halogens is 2. The molecule has 0 amide bonds. The summed E-state index contributed by atoms with van der Waals surface area (Å²) in [6.07, 6.45) is 0. The summed E-state index contributed by atoms with van der Waals surface area (Å²) in [5.41, 5.74) is 0.592. The van der Waals surface area contributed by atoms with Gasteiger partial charge in [-0.3, -0.25) is 0 Å². The number of aryl methyl sites for hydroxylation is 1. The highest BCUT2D eigenvalue weighted by Gasteiger charge is 2.04. The summed E-state index contributed by atoms with van der Waals surface area (Å²) in [6.45, 7) is 1.95. The monoisotopic (exact) mass is 225 g/mol. The summed E-state index contributed by atoms with van der Waals surface area (Å²) < 4.78 is 30.5. The number of anilines is 1. The van der Waals surface area contributed by atoms with Gasteiger partial charge in [0.05, 0.1) is 0 Å². The molecule has 1 N–H and O–H groups in total. The van der Waals surface area contributed by atoms with E-state index in [2.05, 4.69) is 15.5 Å². The van der Waals surface area contributed by atoms with Gasteiger partial charge in [0.2, 0.25) is 5.89 Å². The van der Waals surface area contributed by atoms with Crippen molar-refractivity contribution in [2.24, 2.45) is 0 Å². The Morgan fingerprint density at radius 1 is 1.25 bits per heavy atom. The maximum absolute atomic E-state index is 12.9. The Morgan fingerprint density at radius 2 is 2.06 bits per heavy atom. The fourth-order valence-corrected chi connectivity index (χ4v) is 1.20. The van der Waals surface area contributed by atoms with Gasteiger partial charge in [0, 0.05) is 13.5 Å². The lowest BCUT2D eigenvalue weighted by atomic mass is 10.2. The van der Waals surface area contributed by atoms with Crippen LogP contribution in [0.1, 0.15) is 11.5 Å². The van der Waals surface area contributed by atoms with E-state index in [1.165, 1.54) is 6.07 Å². The highest BCUT2D eigenvalue weighted by molar-refractivity contribution is 5.24. The third kappa shape index (κ3) is 2.33. The van der Waals surface area contributed by atoms with Crippen LogP contribution in [0.3, 0.4) is 0 Å². The Balaban J connectivity index is 2.02. The van der Waals surface area contributed by atoms with Gasteiger partial charge in [0.1, 0.15) is 0 Å². The first-order valence-electron chi connectivity index (χ1n) is 4.63. The quantitative estimate of drug-likeness (QED) is 0.870. The Hall–Kier alpha value is -1.98. The molecule has 0 atom stereocenters. The molecule has 0 aliphatic heterocycles. The van der Waals surface area contributed by atoms with Gasteiger partial charge in [-0.2, -0.15) is 0 Å². The second-order valence-electron chi connectivity index (χ2n) is 3.23. The zero-order chi connectivity index (χ0) is 11.5. The molecular weight excluding hydrogens is 216 g/mol. The van der Waals surface area contributed by atoms with E-state index in [9.17, 15) is 8.78 Å². The van der Waals surface area contributed by atoms with Crippen LogP contribution in [0.25, 0.3) is 0 Å². The molecule has 0 aliphatic carbocycles. The molecule has 6 heteroatoms. The number of hydrogen-bond donors (Lipinski definition) is 1. The predicted octanol–water partition coefficient (Wildman–Crippen LogP) is 2.27. The summed E-state index contributed by atoms with van der Waals surface area (Å²) in [4.78, 5) is 0. The van der Waals surface area contributed by atoms with Crippen molar-refractivity contribution in [3.05, 3.63) is 41.3 Å². The molecule has 1 heterocycles. The van der Waals surface area contributed by atoms with Crippen molar-refractivity contribution in [3.63, 3.8) is 0 Å². The molecule has 1 aromatic heterocycles. The number of rotatable bonds is 3. The fourth-order valence-electron chi connectivity index (χ4n) is 1.20. The highest BCUT2D eigenvalue weighted by atomic mass is 19.2. The summed E-state index contributed by atoms with van der Waals surface area (Å²) in [7, 11) is 0. The first-order valence-corrected chi connectivity index (χ1v) is 4.63. The highest BCUT2D eigenvalue weighted by Crippen LogP contribution is 2.11. The Labute approximate surface area is 90.3 Å². The van der Waals surface area contributed by atoms with Gasteiger partial charge < -0.3 is 9.73 Å². The van der Waals surface area contributed by atoms with Crippen molar-refractivity contribution < 1.29 is 13.2 Å². The van der Waals surface area contributed by atoms with Crippen LogP contribution >= 0.6 is 0 Å². The lowest BCUT2D eigenvalue weighted by Crippen LogP contribution is -2.00. The molecule has 0 unspecified atom stereocenters. The first kappa shape index (κ1) is 10.5. The van der Waals surface area contributed by atoms with E-state index in [0.29, 0.717) is 18.0 Å². The molecule has 4 nitrogen and oxygen atoms in total. The lowest BCUT2D eigenvalue weighted by molar-refractivity contribution is 0.506. The topological polar surface area (TPSA) is 51.0 Å². The summed E-state index contributed by atoms with van der Waals surface area (Å²) in [6, 6.07) is 3.92. The van der Waals surface area contributed by atoms with Gasteiger partial charge in [0.15, 0.2) is 11.6 Å². The minimum Gasteiger partial charge on any atom is -0.408 e. The van der Waals surface area contributed by atoms with Crippen LogP contribution in [-0.4, -0.2) is 10.2 Å². The Bertz CT molecular complexity index is 499. The number of benzene rings is 1. The van der Waals surface area contributed by atoms with Gasteiger partial charge in [-0.25, -0.2) is 8.78 Å². The van der Waals surface area contributed by atoms with Crippen LogP contribution in [0, 0.1) is 18.6 Å². The normalized spacial score (nSPS) is 10.4. The molecule has 2 rings (SSSR count). The summed E-state index contributed by atoms with van der Waals surface area (Å²) in [5.74, 6) is -1.30. The molecular formula is C10H9F2N3O. The number of nitrogens with one attached hydrogen (secondary N) is 1. The van der Waals surface area contributed by atoms with Crippen molar-refractivity contribution >= 4 is 6.01 Å². The van der Waals surface area contributed by atoms with Crippen LogP contribution in [0.2, 0.25) is 0 Å². The van der Waals surface area contributed by atoms with Gasteiger partial charge in [-0.1, -0.05) is 11.2 Å². The van der Waals surface area contributed by atoms with Gasteiger partial charge in [0.25, 0.3) is 0 Å². The van der Waals surface area contributed by atoms with E-state index in [1.54, 1.807) is 6.92 Å². The third-order valence-corrected chi connectivity index (χ3v) is 1.95. The van der Waals surface area contributed by atoms with Crippen LogP contribution in [-0.2, 0) is 6.54 Å². The summed E-state index contributed by atoms with van der Waals surface area (Å²) in [5, 5.41) is 10.1. The van der Waals surface area contributed by atoms with Crippen LogP contribution in [0.15, 0.2) is 22.6 Å². The third-order valence-electron chi connectivity index (χ3n) is 1.95. The molecule has 0 bridgehead atoms. The van der Waals surface area contributed by atoms with Crippen LogP contribution in [0.5, 0.6) is 0 Å². The molecule has 0 spiro atoms. The molecule has 0 radical (unpaired) electrons. The van der Waals surface area contributed by atoms with Crippen molar-refractivity contribution in [1.29, 1.82) is 0 Å². The number of hydrogen-bond acceptors (Lipinski definition) is 4. The zero-order valence-electron chi connectivity index (χ0n) is 8.50. The van der Waals surface area contributed by atoms with Crippen molar-refractivity contribution in [2.75, 3.05) is 5.32 Å².